The Morgan fingerprint density at radius 3 is 2.40 bits per heavy atom. The van der Waals surface area contributed by atoms with E-state index in [2.05, 4.69) is 5.10 Å². The molecule has 0 bridgehead atoms. The zero-order valence-electron chi connectivity index (χ0n) is 10.8. The van der Waals surface area contributed by atoms with Crippen LogP contribution >= 0.6 is 0 Å². The lowest BCUT2D eigenvalue weighted by Gasteiger charge is -2.15. The smallest absolute Gasteiger partial charge is 0.431 e. The summed E-state index contributed by atoms with van der Waals surface area (Å²) >= 11 is 0. The van der Waals surface area contributed by atoms with Gasteiger partial charge >= 0.3 is 6.09 Å². The van der Waals surface area contributed by atoms with E-state index >= 15 is 0 Å². The van der Waals surface area contributed by atoms with Crippen molar-refractivity contribution in [2.75, 3.05) is 6.61 Å². The number of cyclic esters (lactones) is 1. The Morgan fingerprint density at radius 1 is 1.05 bits per heavy atom. The van der Waals surface area contributed by atoms with Gasteiger partial charge in [-0.2, -0.15) is 10.1 Å². The van der Waals surface area contributed by atoms with Crippen LogP contribution in [0.2, 0.25) is 0 Å². The van der Waals surface area contributed by atoms with E-state index in [1.807, 2.05) is 60.7 Å². The summed E-state index contributed by atoms with van der Waals surface area (Å²) in [5, 5.41) is 5.66. The van der Waals surface area contributed by atoms with E-state index < -0.39 is 6.09 Å². The Balaban J connectivity index is 1.83. The molecule has 100 valence electrons. The molecule has 4 nitrogen and oxygen atoms in total. The van der Waals surface area contributed by atoms with Crippen LogP contribution in [0.3, 0.4) is 0 Å². The summed E-state index contributed by atoms with van der Waals surface area (Å²) in [6.45, 7) is 0.328. The molecule has 0 spiro atoms. The summed E-state index contributed by atoms with van der Waals surface area (Å²) in [7, 11) is 0. The zero-order chi connectivity index (χ0) is 13.8. The zero-order valence-corrected chi connectivity index (χ0v) is 10.8. The van der Waals surface area contributed by atoms with Crippen LogP contribution in [0.15, 0.2) is 65.8 Å². The number of carbonyl (C=O) groups excluding carboxylic acids is 1. The lowest BCUT2D eigenvalue weighted by atomic mass is 10.1. The molecule has 0 radical (unpaired) electrons. The lowest BCUT2D eigenvalue weighted by molar-refractivity contribution is 0.159. The quantitative estimate of drug-likeness (QED) is 0.800. The van der Waals surface area contributed by atoms with Gasteiger partial charge in [0.05, 0.1) is 6.21 Å². The van der Waals surface area contributed by atoms with Gasteiger partial charge in [0, 0.05) is 0 Å². The van der Waals surface area contributed by atoms with Gasteiger partial charge in [-0.15, -0.1) is 0 Å². The van der Waals surface area contributed by atoms with Crippen molar-refractivity contribution in [3.8, 4) is 0 Å². The van der Waals surface area contributed by atoms with E-state index in [4.69, 9.17) is 4.74 Å². The number of ether oxygens (including phenoxy) is 1. The van der Waals surface area contributed by atoms with Crippen LogP contribution in [0, 0.1) is 0 Å². The van der Waals surface area contributed by atoms with Crippen molar-refractivity contribution in [2.45, 2.75) is 6.04 Å². The second kappa shape index (κ2) is 5.57. The fourth-order valence-corrected chi connectivity index (χ4v) is 2.12. The number of hydrazone groups is 1. The SMILES string of the molecule is O=C1OC[C@H](c2ccccc2)N1/N=C/c1ccccc1. The van der Waals surface area contributed by atoms with E-state index in [0.717, 1.165) is 11.1 Å². The molecule has 4 heteroatoms. The van der Waals surface area contributed by atoms with Crippen molar-refractivity contribution >= 4 is 12.3 Å². The Bertz CT molecular complexity index is 611. The van der Waals surface area contributed by atoms with Crippen LogP contribution in [0.5, 0.6) is 0 Å². The second-order valence-electron chi connectivity index (χ2n) is 4.50. The van der Waals surface area contributed by atoms with E-state index in [9.17, 15) is 4.79 Å². The maximum atomic E-state index is 11.8. The minimum absolute atomic E-state index is 0.163. The third-order valence-electron chi connectivity index (χ3n) is 3.16. The van der Waals surface area contributed by atoms with Gasteiger partial charge < -0.3 is 4.74 Å². The number of hydrogen-bond donors (Lipinski definition) is 0. The Labute approximate surface area is 117 Å². The molecule has 1 aliphatic rings. The predicted octanol–water partition coefficient (Wildman–Crippen LogP) is 3.21. The molecule has 1 aliphatic heterocycles. The van der Waals surface area contributed by atoms with Gasteiger partial charge in [-0.05, 0) is 11.1 Å². The van der Waals surface area contributed by atoms with Crippen LogP contribution in [-0.2, 0) is 4.74 Å². The molecular formula is C16H14N2O2. The van der Waals surface area contributed by atoms with Gasteiger partial charge in [0.2, 0.25) is 0 Å². The molecule has 2 aromatic carbocycles. The minimum atomic E-state index is -0.411. The summed E-state index contributed by atoms with van der Waals surface area (Å²) in [4.78, 5) is 11.8. The van der Waals surface area contributed by atoms with Crippen molar-refractivity contribution in [3.05, 3.63) is 71.8 Å². The fraction of sp³-hybridized carbons (Fsp3) is 0.125. The number of carbonyl (C=O) groups is 1. The van der Waals surface area contributed by atoms with Gasteiger partial charge in [0.25, 0.3) is 0 Å². The molecule has 0 N–H and O–H groups in total. The third kappa shape index (κ3) is 2.54. The number of rotatable bonds is 3. The molecule has 0 saturated carbocycles. The molecule has 2 aromatic rings. The van der Waals surface area contributed by atoms with Crippen LogP contribution in [0.1, 0.15) is 17.2 Å². The maximum absolute atomic E-state index is 11.8. The summed E-state index contributed by atoms with van der Waals surface area (Å²) < 4.78 is 5.09. The van der Waals surface area contributed by atoms with Gasteiger partial charge in [-0.25, -0.2) is 4.79 Å². The molecule has 1 fully saturated rings. The maximum Gasteiger partial charge on any atom is 0.431 e. The first-order valence-electron chi connectivity index (χ1n) is 6.44. The molecular weight excluding hydrogens is 252 g/mol. The van der Waals surface area contributed by atoms with Crippen LogP contribution in [-0.4, -0.2) is 23.9 Å². The Hall–Kier alpha value is -2.62. The van der Waals surface area contributed by atoms with Crippen LogP contribution in [0.25, 0.3) is 0 Å². The van der Waals surface area contributed by atoms with Gasteiger partial charge in [-0.1, -0.05) is 60.7 Å². The second-order valence-corrected chi connectivity index (χ2v) is 4.50. The molecule has 1 atom stereocenters. The summed E-state index contributed by atoms with van der Waals surface area (Å²) in [5.41, 5.74) is 1.96. The highest BCUT2D eigenvalue weighted by Gasteiger charge is 2.33. The summed E-state index contributed by atoms with van der Waals surface area (Å²) in [6, 6.07) is 19.3. The van der Waals surface area contributed by atoms with Crippen molar-refractivity contribution in [1.29, 1.82) is 0 Å². The minimum Gasteiger partial charge on any atom is -0.445 e. The third-order valence-corrected chi connectivity index (χ3v) is 3.16. The lowest BCUT2D eigenvalue weighted by Crippen LogP contribution is -2.22. The van der Waals surface area contributed by atoms with Gasteiger partial charge in [0.1, 0.15) is 12.6 Å². The number of hydrogen-bond acceptors (Lipinski definition) is 3. The molecule has 0 aromatic heterocycles. The van der Waals surface area contributed by atoms with Crippen molar-refractivity contribution in [3.63, 3.8) is 0 Å². The monoisotopic (exact) mass is 266 g/mol. The largest absolute Gasteiger partial charge is 0.445 e. The normalized spacial score (nSPS) is 18.5. The molecule has 20 heavy (non-hydrogen) atoms. The Morgan fingerprint density at radius 2 is 1.70 bits per heavy atom. The fourth-order valence-electron chi connectivity index (χ4n) is 2.12. The van der Waals surface area contributed by atoms with Gasteiger partial charge in [-0.3, -0.25) is 0 Å². The van der Waals surface area contributed by atoms with Crippen molar-refractivity contribution in [2.24, 2.45) is 5.10 Å². The van der Waals surface area contributed by atoms with E-state index in [0.29, 0.717) is 6.61 Å². The first-order chi connectivity index (χ1) is 9.84. The predicted molar refractivity (Wildman–Crippen MR) is 76.4 cm³/mol. The Kier molecular flexibility index (Phi) is 3.46. The van der Waals surface area contributed by atoms with E-state index in [-0.39, 0.29) is 6.04 Å². The number of amides is 1. The summed E-state index contributed by atoms with van der Waals surface area (Å²) in [6.07, 6.45) is 1.26. The first-order valence-corrected chi connectivity index (χ1v) is 6.44. The average Bonchev–Trinajstić information content (AvgIpc) is 2.88. The highest BCUT2D eigenvalue weighted by molar-refractivity contribution is 5.81. The highest BCUT2D eigenvalue weighted by atomic mass is 16.6. The number of benzene rings is 2. The molecule has 1 saturated heterocycles. The van der Waals surface area contributed by atoms with Crippen LogP contribution in [0.4, 0.5) is 4.79 Å². The van der Waals surface area contributed by atoms with E-state index in [1.54, 1.807) is 6.21 Å². The van der Waals surface area contributed by atoms with E-state index in [1.165, 1.54) is 5.01 Å². The summed E-state index contributed by atoms with van der Waals surface area (Å²) in [5.74, 6) is 0. The molecule has 1 amide bonds. The molecule has 3 rings (SSSR count). The molecule has 0 unspecified atom stereocenters. The molecule has 1 heterocycles. The van der Waals surface area contributed by atoms with Gasteiger partial charge in [0.15, 0.2) is 0 Å². The topological polar surface area (TPSA) is 41.9 Å². The number of nitrogens with zero attached hydrogens (tertiary/aromatic N) is 2. The van der Waals surface area contributed by atoms with Crippen molar-refractivity contribution < 1.29 is 9.53 Å². The first kappa shape index (κ1) is 12.4. The average molecular weight is 266 g/mol. The van der Waals surface area contributed by atoms with Crippen LogP contribution < -0.4 is 0 Å². The molecule has 0 aliphatic carbocycles. The standard InChI is InChI=1S/C16H14N2O2/c19-16-18(17-11-13-7-3-1-4-8-13)15(12-20-16)14-9-5-2-6-10-14/h1-11,15H,12H2/b17-11+/t15-/m1/s1. The highest BCUT2D eigenvalue weighted by Crippen LogP contribution is 2.27. The van der Waals surface area contributed by atoms with Crippen molar-refractivity contribution in [1.82, 2.24) is 5.01 Å².